The topological polar surface area (TPSA) is 21.1 Å². The molecule has 1 fully saturated rings. The van der Waals surface area contributed by atoms with Gasteiger partial charge in [0.25, 0.3) is 0 Å². The van der Waals surface area contributed by atoms with Crippen molar-refractivity contribution >= 4 is 15.9 Å². The van der Waals surface area contributed by atoms with Crippen molar-refractivity contribution in [2.75, 3.05) is 6.54 Å². The summed E-state index contributed by atoms with van der Waals surface area (Å²) in [7, 11) is 0. The zero-order valence-electron chi connectivity index (χ0n) is 11.2. The lowest BCUT2D eigenvalue weighted by Crippen LogP contribution is -2.28. The van der Waals surface area contributed by atoms with Gasteiger partial charge in [-0.25, -0.2) is 0 Å². The van der Waals surface area contributed by atoms with E-state index in [9.17, 15) is 0 Å². The van der Waals surface area contributed by atoms with Crippen LogP contribution < -0.4 is 0 Å². The zero-order valence-corrected chi connectivity index (χ0v) is 12.8. The van der Waals surface area contributed by atoms with Gasteiger partial charge in [0.15, 0.2) is 0 Å². The molecular weight excluding hydrogens is 278 g/mol. The maximum absolute atomic E-state index is 4.56. The van der Waals surface area contributed by atoms with E-state index in [1.807, 2.05) is 0 Å². The van der Waals surface area contributed by atoms with Crippen molar-refractivity contribution in [1.82, 2.24) is 14.7 Å². The predicted octanol–water partition coefficient (Wildman–Crippen LogP) is 3.20. The van der Waals surface area contributed by atoms with Gasteiger partial charge in [-0.3, -0.25) is 9.58 Å². The molecule has 2 heterocycles. The SMILES string of the molecule is CCn1nc(C)c(Br)c1CN1CC(C)CC1C. The Balaban J connectivity index is 2.18. The summed E-state index contributed by atoms with van der Waals surface area (Å²) in [4.78, 5) is 2.57. The maximum atomic E-state index is 4.56. The average Bonchev–Trinajstić information content (AvgIpc) is 2.73. The average molecular weight is 300 g/mol. The summed E-state index contributed by atoms with van der Waals surface area (Å²) in [6.07, 6.45) is 1.32. The van der Waals surface area contributed by atoms with Crippen LogP contribution in [-0.4, -0.2) is 27.3 Å². The predicted molar refractivity (Wildman–Crippen MR) is 74.0 cm³/mol. The number of halogens is 1. The molecule has 2 rings (SSSR count). The third-order valence-electron chi connectivity index (χ3n) is 3.72. The van der Waals surface area contributed by atoms with Gasteiger partial charge in [0, 0.05) is 25.7 Å². The second-order valence-electron chi connectivity index (χ2n) is 5.28. The summed E-state index contributed by atoms with van der Waals surface area (Å²) in [6.45, 7) is 12.1. The van der Waals surface area contributed by atoms with Gasteiger partial charge in [-0.05, 0) is 49.0 Å². The van der Waals surface area contributed by atoms with Gasteiger partial charge in [-0.15, -0.1) is 0 Å². The number of rotatable bonds is 3. The molecule has 2 unspecified atom stereocenters. The largest absolute Gasteiger partial charge is 0.295 e. The van der Waals surface area contributed by atoms with Crippen LogP contribution in [0.1, 0.15) is 38.6 Å². The van der Waals surface area contributed by atoms with Gasteiger partial charge in [-0.1, -0.05) is 6.92 Å². The molecule has 0 N–H and O–H groups in total. The molecule has 0 spiro atoms. The van der Waals surface area contributed by atoms with Crippen LogP contribution in [0.5, 0.6) is 0 Å². The molecular formula is C13H22BrN3. The summed E-state index contributed by atoms with van der Waals surface area (Å²) in [6, 6.07) is 0.692. The third-order valence-corrected chi connectivity index (χ3v) is 4.75. The van der Waals surface area contributed by atoms with E-state index in [-0.39, 0.29) is 0 Å². The normalized spacial score (nSPS) is 25.7. The minimum Gasteiger partial charge on any atom is -0.295 e. The van der Waals surface area contributed by atoms with Crippen LogP contribution in [0, 0.1) is 12.8 Å². The van der Waals surface area contributed by atoms with E-state index in [0.29, 0.717) is 6.04 Å². The minimum atomic E-state index is 0.692. The fraction of sp³-hybridized carbons (Fsp3) is 0.769. The molecule has 3 nitrogen and oxygen atoms in total. The Kier molecular flexibility index (Phi) is 3.93. The molecule has 0 aliphatic carbocycles. The number of likely N-dealkylation sites (tertiary alicyclic amines) is 1. The fourth-order valence-corrected chi connectivity index (χ4v) is 3.23. The van der Waals surface area contributed by atoms with Crippen LogP contribution in [0.25, 0.3) is 0 Å². The zero-order chi connectivity index (χ0) is 12.6. The van der Waals surface area contributed by atoms with Gasteiger partial charge in [0.05, 0.1) is 15.9 Å². The van der Waals surface area contributed by atoms with Crippen LogP contribution in [-0.2, 0) is 13.1 Å². The molecule has 1 aliphatic heterocycles. The van der Waals surface area contributed by atoms with Crippen molar-refractivity contribution in [2.45, 2.75) is 53.2 Å². The highest BCUT2D eigenvalue weighted by atomic mass is 79.9. The van der Waals surface area contributed by atoms with Gasteiger partial charge in [-0.2, -0.15) is 5.10 Å². The minimum absolute atomic E-state index is 0.692. The molecule has 17 heavy (non-hydrogen) atoms. The summed E-state index contributed by atoms with van der Waals surface area (Å²) >= 11 is 3.67. The summed E-state index contributed by atoms with van der Waals surface area (Å²) in [5.74, 6) is 0.822. The number of hydrogen-bond acceptors (Lipinski definition) is 2. The van der Waals surface area contributed by atoms with Crippen LogP contribution in [0.15, 0.2) is 4.47 Å². The van der Waals surface area contributed by atoms with Crippen molar-refractivity contribution < 1.29 is 0 Å². The molecule has 1 aromatic rings. The van der Waals surface area contributed by atoms with E-state index >= 15 is 0 Å². The Bertz CT molecular complexity index is 400. The van der Waals surface area contributed by atoms with Gasteiger partial charge >= 0.3 is 0 Å². The number of hydrogen-bond donors (Lipinski definition) is 0. The van der Waals surface area contributed by atoms with E-state index in [4.69, 9.17) is 0 Å². The van der Waals surface area contributed by atoms with Crippen LogP contribution in [0.3, 0.4) is 0 Å². The Labute approximate surface area is 112 Å². The second kappa shape index (κ2) is 5.11. The molecule has 0 aromatic carbocycles. The Hall–Kier alpha value is -0.350. The van der Waals surface area contributed by atoms with Crippen LogP contribution in [0.4, 0.5) is 0 Å². The van der Waals surface area contributed by atoms with Gasteiger partial charge in [0.1, 0.15) is 0 Å². The van der Waals surface area contributed by atoms with Crippen molar-refractivity contribution in [3.8, 4) is 0 Å². The van der Waals surface area contributed by atoms with E-state index in [1.165, 1.54) is 23.1 Å². The van der Waals surface area contributed by atoms with Crippen LogP contribution in [0.2, 0.25) is 0 Å². The summed E-state index contributed by atoms with van der Waals surface area (Å²) in [5, 5.41) is 4.56. The van der Waals surface area contributed by atoms with Crippen molar-refractivity contribution in [1.29, 1.82) is 0 Å². The van der Waals surface area contributed by atoms with Crippen LogP contribution >= 0.6 is 15.9 Å². The second-order valence-corrected chi connectivity index (χ2v) is 6.07. The van der Waals surface area contributed by atoms with Crippen molar-refractivity contribution in [3.05, 3.63) is 15.9 Å². The Morgan fingerprint density at radius 2 is 2.12 bits per heavy atom. The molecule has 2 atom stereocenters. The highest BCUT2D eigenvalue weighted by Crippen LogP contribution is 2.28. The maximum Gasteiger partial charge on any atom is 0.0739 e. The molecule has 0 saturated carbocycles. The first-order valence-electron chi connectivity index (χ1n) is 6.48. The molecule has 4 heteroatoms. The highest BCUT2D eigenvalue weighted by molar-refractivity contribution is 9.10. The molecule has 0 bridgehead atoms. The highest BCUT2D eigenvalue weighted by Gasteiger charge is 2.27. The molecule has 0 radical (unpaired) electrons. The summed E-state index contributed by atoms with van der Waals surface area (Å²) < 4.78 is 3.31. The van der Waals surface area contributed by atoms with Crippen molar-refractivity contribution in [3.63, 3.8) is 0 Å². The smallest absolute Gasteiger partial charge is 0.0739 e. The third kappa shape index (κ3) is 2.58. The first-order chi connectivity index (χ1) is 8.02. The molecule has 1 aliphatic rings. The van der Waals surface area contributed by atoms with E-state index in [1.54, 1.807) is 0 Å². The standard InChI is InChI=1S/C13H22BrN3/c1-5-17-12(13(14)11(4)15-17)8-16-7-9(2)6-10(16)3/h9-10H,5-8H2,1-4H3. The number of aryl methyl sites for hydroxylation is 2. The fourth-order valence-electron chi connectivity index (χ4n) is 2.82. The first-order valence-corrected chi connectivity index (χ1v) is 7.28. The van der Waals surface area contributed by atoms with Crippen molar-refractivity contribution in [2.24, 2.45) is 5.92 Å². The lowest BCUT2D eigenvalue weighted by Gasteiger charge is -2.21. The lowest BCUT2D eigenvalue weighted by atomic mass is 10.1. The monoisotopic (exact) mass is 299 g/mol. The van der Waals surface area contributed by atoms with Gasteiger partial charge in [0.2, 0.25) is 0 Å². The quantitative estimate of drug-likeness (QED) is 0.854. The van der Waals surface area contributed by atoms with Gasteiger partial charge < -0.3 is 0 Å². The summed E-state index contributed by atoms with van der Waals surface area (Å²) in [5.41, 5.74) is 2.42. The molecule has 96 valence electrons. The van der Waals surface area contributed by atoms with E-state index in [0.717, 1.165) is 24.7 Å². The van der Waals surface area contributed by atoms with E-state index < -0.39 is 0 Å². The Morgan fingerprint density at radius 1 is 1.41 bits per heavy atom. The Morgan fingerprint density at radius 3 is 2.65 bits per heavy atom. The number of aromatic nitrogens is 2. The molecule has 0 amide bonds. The van der Waals surface area contributed by atoms with E-state index in [2.05, 4.69) is 58.3 Å². The number of nitrogens with zero attached hydrogens (tertiary/aromatic N) is 3. The lowest BCUT2D eigenvalue weighted by molar-refractivity contribution is 0.248. The first kappa shape index (κ1) is 13.1. The molecule has 1 aromatic heterocycles. The molecule has 1 saturated heterocycles.